The van der Waals surface area contributed by atoms with Crippen LogP contribution >= 0.6 is 11.8 Å². The minimum absolute atomic E-state index is 0.718. The molecule has 0 radical (unpaired) electrons. The Kier molecular flexibility index (Phi) is 4.29. The lowest BCUT2D eigenvalue weighted by Crippen LogP contribution is -2.35. The fourth-order valence-corrected chi connectivity index (χ4v) is 3.41. The van der Waals surface area contributed by atoms with E-state index in [0.717, 1.165) is 24.3 Å². The largest absolute Gasteiger partial charge is 0.338 e. The average Bonchev–Trinajstić information content (AvgIpc) is 2.88. The summed E-state index contributed by atoms with van der Waals surface area (Å²) in [6.45, 7) is 1.05. The van der Waals surface area contributed by atoms with Crippen LogP contribution in [0.1, 0.15) is 25.1 Å². The summed E-state index contributed by atoms with van der Waals surface area (Å²) in [7, 11) is 2.06. The molecule has 16 heavy (non-hydrogen) atoms. The molecular weight excluding hydrogens is 218 g/mol. The highest BCUT2D eigenvalue weighted by molar-refractivity contribution is 7.99. The first-order valence-electron chi connectivity index (χ1n) is 6.03. The Morgan fingerprint density at radius 1 is 1.56 bits per heavy atom. The van der Waals surface area contributed by atoms with Crippen LogP contribution in [-0.2, 0) is 13.5 Å². The molecule has 2 atom stereocenters. The molecule has 2 unspecified atom stereocenters. The van der Waals surface area contributed by atoms with E-state index in [-0.39, 0.29) is 0 Å². The molecule has 0 amide bonds. The summed E-state index contributed by atoms with van der Waals surface area (Å²) in [5, 5.41) is 4.49. The highest BCUT2D eigenvalue weighted by Gasteiger charge is 2.25. The normalized spacial score (nSPS) is 25.1. The summed E-state index contributed by atoms with van der Waals surface area (Å²) in [6, 6.07) is 0.718. The summed E-state index contributed by atoms with van der Waals surface area (Å²) in [6.07, 6.45) is 11.2. The van der Waals surface area contributed by atoms with Crippen LogP contribution in [0.2, 0.25) is 0 Å². The molecule has 1 aromatic heterocycles. The van der Waals surface area contributed by atoms with Crippen LogP contribution < -0.4 is 5.32 Å². The van der Waals surface area contributed by atoms with Gasteiger partial charge in [-0.2, -0.15) is 11.8 Å². The molecule has 1 saturated carbocycles. The first-order valence-corrected chi connectivity index (χ1v) is 7.32. The number of imidazole rings is 1. The molecule has 0 spiro atoms. The van der Waals surface area contributed by atoms with Crippen molar-refractivity contribution in [3.05, 3.63) is 18.2 Å². The van der Waals surface area contributed by atoms with E-state index >= 15 is 0 Å². The van der Waals surface area contributed by atoms with Gasteiger partial charge in [-0.25, -0.2) is 4.98 Å². The zero-order valence-corrected chi connectivity index (χ0v) is 11.0. The summed E-state index contributed by atoms with van der Waals surface area (Å²) in [5.41, 5.74) is 0. The van der Waals surface area contributed by atoms with Crippen molar-refractivity contribution in [3.63, 3.8) is 0 Å². The Morgan fingerprint density at radius 2 is 2.44 bits per heavy atom. The first kappa shape index (κ1) is 12.0. The molecule has 4 heteroatoms. The molecule has 0 aromatic carbocycles. The Labute approximate surface area is 102 Å². The topological polar surface area (TPSA) is 29.9 Å². The number of nitrogens with one attached hydrogen (secondary N) is 1. The summed E-state index contributed by atoms with van der Waals surface area (Å²) >= 11 is 2.01. The predicted molar refractivity (Wildman–Crippen MR) is 69.9 cm³/mol. The molecule has 1 aliphatic rings. The van der Waals surface area contributed by atoms with Crippen LogP contribution in [0.4, 0.5) is 0 Å². The van der Waals surface area contributed by atoms with Gasteiger partial charge in [-0.3, -0.25) is 0 Å². The number of aromatic nitrogens is 2. The van der Waals surface area contributed by atoms with Crippen molar-refractivity contribution in [1.82, 2.24) is 14.9 Å². The predicted octanol–water partition coefficient (Wildman–Crippen LogP) is 1.84. The van der Waals surface area contributed by atoms with Crippen LogP contribution in [-0.4, -0.2) is 33.6 Å². The van der Waals surface area contributed by atoms with Crippen molar-refractivity contribution in [3.8, 4) is 0 Å². The van der Waals surface area contributed by atoms with Crippen molar-refractivity contribution in [2.45, 2.75) is 37.0 Å². The lowest BCUT2D eigenvalue weighted by atomic mass is 10.2. The number of rotatable bonds is 5. The van der Waals surface area contributed by atoms with Gasteiger partial charge in [0.15, 0.2) is 0 Å². The maximum absolute atomic E-state index is 4.34. The van der Waals surface area contributed by atoms with Crippen LogP contribution in [0.5, 0.6) is 0 Å². The van der Waals surface area contributed by atoms with Crippen LogP contribution in [0.25, 0.3) is 0 Å². The SMILES string of the molecule is CSC1CCCC1NCCc1nccn1C. The Balaban J connectivity index is 1.74. The number of thioether (sulfide) groups is 1. The third-order valence-corrected chi connectivity index (χ3v) is 4.60. The molecule has 1 fully saturated rings. The van der Waals surface area contributed by atoms with Gasteiger partial charge in [0.1, 0.15) is 5.82 Å². The molecule has 1 heterocycles. The van der Waals surface area contributed by atoms with E-state index in [9.17, 15) is 0 Å². The van der Waals surface area contributed by atoms with E-state index in [1.165, 1.54) is 25.1 Å². The second-order valence-corrected chi connectivity index (χ2v) is 5.55. The van der Waals surface area contributed by atoms with Crippen LogP contribution in [0.3, 0.4) is 0 Å². The number of aryl methyl sites for hydroxylation is 1. The highest BCUT2D eigenvalue weighted by atomic mass is 32.2. The van der Waals surface area contributed by atoms with Gasteiger partial charge in [-0.1, -0.05) is 6.42 Å². The third kappa shape index (κ3) is 2.80. The van der Waals surface area contributed by atoms with Gasteiger partial charge in [0, 0.05) is 43.7 Å². The maximum atomic E-state index is 4.34. The fraction of sp³-hybridized carbons (Fsp3) is 0.750. The van der Waals surface area contributed by atoms with Crippen molar-refractivity contribution in [2.24, 2.45) is 7.05 Å². The number of hydrogen-bond donors (Lipinski definition) is 1. The molecule has 1 aromatic rings. The van der Waals surface area contributed by atoms with Crippen molar-refractivity contribution < 1.29 is 0 Å². The fourth-order valence-electron chi connectivity index (χ4n) is 2.45. The zero-order chi connectivity index (χ0) is 11.4. The van der Waals surface area contributed by atoms with Gasteiger partial charge in [-0.05, 0) is 19.1 Å². The molecule has 3 nitrogen and oxygen atoms in total. The van der Waals surface area contributed by atoms with Crippen LogP contribution in [0, 0.1) is 0 Å². The van der Waals surface area contributed by atoms with Gasteiger partial charge < -0.3 is 9.88 Å². The van der Waals surface area contributed by atoms with Gasteiger partial charge in [-0.15, -0.1) is 0 Å². The van der Waals surface area contributed by atoms with Gasteiger partial charge in [0.25, 0.3) is 0 Å². The zero-order valence-electron chi connectivity index (χ0n) is 10.1. The number of hydrogen-bond acceptors (Lipinski definition) is 3. The molecule has 2 rings (SSSR count). The molecule has 90 valence electrons. The minimum atomic E-state index is 0.718. The lowest BCUT2D eigenvalue weighted by molar-refractivity contribution is 0.528. The van der Waals surface area contributed by atoms with E-state index in [1.54, 1.807) is 0 Å². The van der Waals surface area contributed by atoms with Crippen molar-refractivity contribution >= 4 is 11.8 Å². The Bertz CT molecular complexity index is 324. The molecule has 0 saturated heterocycles. The second kappa shape index (κ2) is 5.73. The summed E-state index contributed by atoms with van der Waals surface area (Å²) in [4.78, 5) is 4.34. The van der Waals surface area contributed by atoms with E-state index in [4.69, 9.17) is 0 Å². The molecule has 0 aliphatic heterocycles. The second-order valence-electron chi connectivity index (χ2n) is 4.47. The molecular formula is C12H21N3S. The Morgan fingerprint density at radius 3 is 3.12 bits per heavy atom. The van der Waals surface area contributed by atoms with Gasteiger partial charge in [0.05, 0.1) is 0 Å². The first-order chi connectivity index (χ1) is 7.81. The highest BCUT2D eigenvalue weighted by Crippen LogP contribution is 2.28. The quantitative estimate of drug-likeness (QED) is 0.850. The molecule has 1 aliphatic carbocycles. The van der Waals surface area contributed by atoms with E-state index in [2.05, 4.69) is 28.2 Å². The van der Waals surface area contributed by atoms with Gasteiger partial charge >= 0.3 is 0 Å². The lowest BCUT2D eigenvalue weighted by Gasteiger charge is -2.18. The monoisotopic (exact) mass is 239 g/mol. The average molecular weight is 239 g/mol. The van der Waals surface area contributed by atoms with Crippen molar-refractivity contribution in [1.29, 1.82) is 0 Å². The number of nitrogens with zero attached hydrogens (tertiary/aromatic N) is 2. The smallest absolute Gasteiger partial charge is 0.109 e. The molecule has 0 bridgehead atoms. The van der Waals surface area contributed by atoms with Gasteiger partial charge in [0.2, 0.25) is 0 Å². The van der Waals surface area contributed by atoms with Crippen LogP contribution in [0.15, 0.2) is 12.4 Å². The van der Waals surface area contributed by atoms with E-state index < -0.39 is 0 Å². The summed E-state index contributed by atoms with van der Waals surface area (Å²) in [5.74, 6) is 1.17. The van der Waals surface area contributed by atoms with E-state index in [0.29, 0.717) is 0 Å². The van der Waals surface area contributed by atoms with E-state index in [1.807, 2.05) is 24.2 Å². The summed E-state index contributed by atoms with van der Waals surface area (Å²) < 4.78 is 2.10. The standard InChI is InChI=1S/C12H21N3S/c1-15-9-8-14-12(15)6-7-13-10-4-3-5-11(10)16-2/h8-11,13H,3-7H2,1-2H3. The Hall–Kier alpha value is -0.480. The third-order valence-electron chi connectivity index (χ3n) is 3.43. The minimum Gasteiger partial charge on any atom is -0.338 e. The molecule has 1 N–H and O–H groups in total. The van der Waals surface area contributed by atoms with Crippen molar-refractivity contribution in [2.75, 3.05) is 12.8 Å². The maximum Gasteiger partial charge on any atom is 0.109 e.